The molecule has 0 unspecified atom stereocenters. The quantitative estimate of drug-likeness (QED) is 0.585. The molecule has 2 aromatic rings. The molecule has 5 nitrogen and oxygen atoms in total. The van der Waals surface area contributed by atoms with E-state index in [9.17, 15) is 0 Å². The van der Waals surface area contributed by atoms with Crippen LogP contribution in [0.1, 0.15) is 40.4 Å². The van der Waals surface area contributed by atoms with Gasteiger partial charge in [-0.25, -0.2) is 4.99 Å². The zero-order valence-corrected chi connectivity index (χ0v) is 16.6. The smallest absolute Gasteiger partial charge is 0.191 e. The van der Waals surface area contributed by atoms with Crippen LogP contribution < -0.4 is 15.4 Å². The minimum absolute atomic E-state index is 0.516. The third-order valence-corrected chi connectivity index (χ3v) is 5.21. The van der Waals surface area contributed by atoms with Crippen LogP contribution in [0, 0.1) is 13.8 Å². The maximum Gasteiger partial charge on any atom is 0.191 e. The summed E-state index contributed by atoms with van der Waals surface area (Å²) in [5, 5.41) is 6.68. The molecule has 2 heterocycles. The molecule has 0 amide bonds. The van der Waals surface area contributed by atoms with Crippen molar-refractivity contribution in [3.63, 3.8) is 0 Å². The van der Waals surface area contributed by atoms with Crippen molar-refractivity contribution in [2.75, 3.05) is 13.7 Å². The Morgan fingerprint density at radius 1 is 1.20 bits per heavy atom. The van der Waals surface area contributed by atoms with Gasteiger partial charge in [-0.1, -0.05) is 6.92 Å². The second kappa shape index (κ2) is 9.42. The highest BCUT2D eigenvalue weighted by atomic mass is 32.1. The van der Waals surface area contributed by atoms with E-state index in [0.29, 0.717) is 6.54 Å². The molecule has 6 heteroatoms. The van der Waals surface area contributed by atoms with E-state index in [4.69, 9.17) is 4.74 Å². The number of methoxy groups -OCH3 is 1. The van der Waals surface area contributed by atoms with Gasteiger partial charge in [0.15, 0.2) is 5.96 Å². The number of guanidine groups is 1. The lowest BCUT2D eigenvalue weighted by Crippen LogP contribution is -2.36. The Bertz CT molecular complexity index is 724. The predicted octanol–water partition coefficient (Wildman–Crippen LogP) is 3.59. The molecule has 0 radical (unpaired) electrons. The maximum atomic E-state index is 5.47. The average molecular weight is 361 g/mol. The highest BCUT2D eigenvalue weighted by Crippen LogP contribution is 2.24. The fourth-order valence-corrected chi connectivity index (χ4v) is 3.50. The number of hydrogen-bond acceptors (Lipinski definition) is 4. The van der Waals surface area contributed by atoms with E-state index in [1.807, 2.05) is 31.4 Å². The van der Waals surface area contributed by atoms with Crippen molar-refractivity contribution in [2.45, 2.75) is 47.2 Å². The van der Waals surface area contributed by atoms with E-state index in [-0.39, 0.29) is 0 Å². The van der Waals surface area contributed by atoms with Gasteiger partial charge in [-0.15, -0.1) is 11.3 Å². The average Bonchev–Trinajstić information content (AvgIpc) is 3.07. The summed E-state index contributed by atoms with van der Waals surface area (Å²) in [4.78, 5) is 11.9. The van der Waals surface area contributed by atoms with Gasteiger partial charge < -0.3 is 15.4 Å². The van der Waals surface area contributed by atoms with Crippen molar-refractivity contribution in [3.8, 4) is 5.75 Å². The van der Waals surface area contributed by atoms with Crippen LogP contribution in [0.4, 0.5) is 0 Å². The zero-order chi connectivity index (χ0) is 18.2. The number of rotatable bonds is 7. The van der Waals surface area contributed by atoms with E-state index in [1.165, 1.54) is 9.75 Å². The van der Waals surface area contributed by atoms with Gasteiger partial charge in [0.1, 0.15) is 5.75 Å². The van der Waals surface area contributed by atoms with E-state index in [0.717, 1.165) is 48.0 Å². The van der Waals surface area contributed by atoms with Gasteiger partial charge in [-0.2, -0.15) is 0 Å². The Balaban J connectivity index is 2.06. The van der Waals surface area contributed by atoms with Crippen LogP contribution in [0.3, 0.4) is 0 Å². The first-order chi connectivity index (χ1) is 12.1. The number of aryl methyl sites for hydroxylation is 2. The Kier molecular flexibility index (Phi) is 7.25. The fraction of sp³-hybridized carbons (Fsp3) is 0.474. The summed E-state index contributed by atoms with van der Waals surface area (Å²) in [7, 11) is 1.69. The number of aromatic nitrogens is 1. The largest absolute Gasteiger partial charge is 0.496 e. The van der Waals surface area contributed by atoms with Crippen LogP contribution in [0.25, 0.3) is 0 Å². The first kappa shape index (κ1) is 19.2. The summed E-state index contributed by atoms with van der Waals surface area (Å²) in [6.45, 7) is 10.4. The number of nitrogens with one attached hydrogen (secondary N) is 2. The molecule has 136 valence electrons. The van der Waals surface area contributed by atoms with Gasteiger partial charge in [0, 0.05) is 33.6 Å². The summed E-state index contributed by atoms with van der Waals surface area (Å²) < 4.78 is 5.47. The highest BCUT2D eigenvalue weighted by molar-refractivity contribution is 7.11. The van der Waals surface area contributed by atoms with Crippen molar-refractivity contribution in [3.05, 3.63) is 44.9 Å². The van der Waals surface area contributed by atoms with Gasteiger partial charge in [0.2, 0.25) is 0 Å². The molecule has 0 aliphatic heterocycles. The molecule has 0 aromatic carbocycles. The van der Waals surface area contributed by atoms with E-state index >= 15 is 0 Å². The highest BCUT2D eigenvalue weighted by Gasteiger charge is 2.09. The molecule has 0 atom stereocenters. The molecule has 0 bridgehead atoms. The standard InChI is InChI=1S/C19H28N4OS/c1-6-15-8-9-16(25-15)11-22-19(20-7-2)23-12-17-14(4)18(24-5)13(3)10-21-17/h8-10H,6-7,11-12H2,1-5H3,(H2,20,22,23). The first-order valence-corrected chi connectivity index (χ1v) is 9.49. The molecule has 0 fully saturated rings. The minimum atomic E-state index is 0.516. The summed E-state index contributed by atoms with van der Waals surface area (Å²) >= 11 is 1.84. The molecule has 0 aliphatic rings. The molecule has 0 saturated heterocycles. The third-order valence-electron chi connectivity index (χ3n) is 3.98. The molecular weight excluding hydrogens is 332 g/mol. The molecule has 2 N–H and O–H groups in total. The van der Waals surface area contributed by atoms with Crippen LogP contribution in [0.5, 0.6) is 5.75 Å². The number of hydrogen-bond donors (Lipinski definition) is 2. The van der Waals surface area contributed by atoms with E-state index in [1.54, 1.807) is 7.11 Å². The van der Waals surface area contributed by atoms with Crippen LogP contribution in [0.2, 0.25) is 0 Å². The number of pyridine rings is 1. The molecule has 25 heavy (non-hydrogen) atoms. The molecule has 0 saturated carbocycles. The Morgan fingerprint density at radius 2 is 1.96 bits per heavy atom. The second-order valence-electron chi connectivity index (χ2n) is 5.82. The fourth-order valence-electron chi connectivity index (χ4n) is 2.60. The van der Waals surface area contributed by atoms with Gasteiger partial charge in [-0.05, 0) is 39.3 Å². The monoisotopic (exact) mass is 360 g/mol. The SMILES string of the molecule is CCNC(=NCc1ncc(C)c(OC)c1C)NCc1ccc(CC)s1. The molecule has 2 rings (SSSR count). The molecule has 0 spiro atoms. The van der Waals surface area contributed by atoms with E-state index < -0.39 is 0 Å². The molecule has 2 aromatic heterocycles. The zero-order valence-electron chi connectivity index (χ0n) is 15.8. The van der Waals surface area contributed by atoms with E-state index in [2.05, 4.69) is 46.6 Å². The van der Waals surface area contributed by atoms with Crippen LogP contribution in [-0.4, -0.2) is 24.6 Å². The maximum absolute atomic E-state index is 5.47. The summed E-state index contributed by atoms with van der Waals surface area (Å²) in [5.74, 6) is 1.69. The second-order valence-corrected chi connectivity index (χ2v) is 7.07. The van der Waals surface area contributed by atoms with Gasteiger partial charge in [-0.3, -0.25) is 4.98 Å². The van der Waals surface area contributed by atoms with Crippen LogP contribution in [-0.2, 0) is 19.5 Å². The lowest BCUT2D eigenvalue weighted by molar-refractivity contribution is 0.407. The Morgan fingerprint density at radius 3 is 2.60 bits per heavy atom. The van der Waals surface area contributed by atoms with Crippen LogP contribution >= 0.6 is 11.3 Å². The van der Waals surface area contributed by atoms with Crippen molar-refractivity contribution in [1.82, 2.24) is 15.6 Å². The number of thiophene rings is 1. The normalized spacial score (nSPS) is 11.5. The topological polar surface area (TPSA) is 58.5 Å². The first-order valence-electron chi connectivity index (χ1n) is 8.67. The summed E-state index contributed by atoms with van der Waals surface area (Å²) in [5.41, 5.74) is 3.03. The van der Waals surface area contributed by atoms with Crippen LogP contribution in [0.15, 0.2) is 23.3 Å². The van der Waals surface area contributed by atoms with Gasteiger partial charge in [0.25, 0.3) is 0 Å². The Hall–Kier alpha value is -2.08. The molecule has 0 aliphatic carbocycles. The van der Waals surface area contributed by atoms with Crippen molar-refractivity contribution >= 4 is 17.3 Å². The number of ether oxygens (including phenoxy) is 1. The lowest BCUT2D eigenvalue weighted by atomic mass is 10.1. The lowest BCUT2D eigenvalue weighted by Gasteiger charge is -2.13. The minimum Gasteiger partial charge on any atom is -0.496 e. The summed E-state index contributed by atoms with van der Waals surface area (Å²) in [6.07, 6.45) is 2.92. The van der Waals surface area contributed by atoms with Crippen molar-refractivity contribution in [1.29, 1.82) is 0 Å². The number of nitrogens with zero attached hydrogens (tertiary/aromatic N) is 2. The van der Waals surface area contributed by atoms with Gasteiger partial charge in [0.05, 0.1) is 25.9 Å². The predicted molar refractivity (Wildman–Crippen MR) is 106 cm³/mol. The Labute approximate surface area is 154 Å². The van der Waals surface area contributed by atoms with Gasteiger partial charge >= 0.3 is 0 Å². The van der Waals surface area contributed by atoms with Crippen molar-refractivity contribution in [2.24, 2.45) is 4.99 Å². The summed E-state index contributed by atoms with van der Waals surface area (Å²) in [6, 6.07) is 4.37. The third kappa shape index (κ3) is 5.19. The number of aliphatic imine (C=N–C) groups is 1. The molecular formula is C19H28N4OS. The van der Waals surface area contributed by atoms with Crippen molar-refractivity contribution < 1.29 is 4.74 Å².